The number of halogens is 2. The van der Waals surface area contributed by atoms with E-state index in [4.69, 9.17) is 11.6 Å². The fraction of sp³-hybridized carbons (Fsp3) is 0.143. The Hall–Kier alpha value is -1.19. The lowest BCUT2D eigenvalue weighted by atomic mass is 10.2. The molecule has 18 heavy (non-hydrogen) atoms. The van der Waals surface area contributed by atoms with Crippen molar-refractivity contribution in [1.29, 1.82) is 0 Å². The van der Waals surface area contributed by atoms with Crippen LogP contribution in [0.1, 0.15) is 11.1 Å². The fourth-order valence-electron chi connectivity index (χ4n) is 1.67. The van der Waals surface area contributed by atoms with Crippen molar-refractivity contribution in [1.82, 2.24) is 0 Å². The number of phenolic OH excluding ortho intramolecular Hbond substituents is 1. The van der Waals surface area contributed by atoms with Crippen LogP contribution in [0.3, 0.4) is 0 Å². The third-order valence-electron chi connectivity index (χ3n) is 2.66. The van der Waals surface area contributed by atoms with Crippen LogP contribution in [0.5, 0.6) is 5.75 Å². The minimum Gasteiger partial charge on any atom is -0.506 e. The zero-order chi connectivity index (χ0) is 13.1. The van der Waals surface area contributed by atoms with E-state index in [1.54, 1.807) is 6.07 Å². The molecule has 2 aromatic rings. The van der Waals surface area contributed by atoms with Crippen LogP contribution < -0.4 is 5.32 Å². The smallest absolute Gasteiger partial charge is 0.134 e. The van der Waals surface area contributed by atoms with Gasteiger partial charge in [-0.05, 0) is 46.6 Å². The zero-order valence-corrected chi connectivity index (χ0v) is 12.2. The van der Waals surface area contributed by atoms with Gasteiger partial charge in [0.05, 0.1) is 15.2 Å². The van der Waals surface area contributed by atoms with Gasteiger partial charge >= 0.3 is 0 Å². The Labute approximate surface area is 120 Å². The van der Waals surface area contributed by atoms with Crippen molar-refractivity contribution in [2.45, 2.75) is 13.5 Å². The maximum absolute atomic E-state index is 9.88. The number of aryl methyl sites for hydroxylation is 1. The number of aromatic hydroxyl groups is 1. The predicted molar refractivity (Wildman–Crippen MR) is 79.3 cm³/mol. The molecule has 0 atom stereocenters. The molecule has 0 aliphatic rings. The Bertz CT molecular complexity index is 570. The summed E-state index contributed by atoms with van der Waals surface area (Å²) in [6.07, 6.45) is 0. The lowest BCUT2D eigenvalue weighted by Crippen LogP contribution is -2.00. The molecule has 0 radical (unpaired) electrons. The Morgan fingerprint density at radius 1 is 1.28 bits per heavy atom. The highest BCUT2D eigenvalue weighted by Crippen LogP contribution is 2.29. The van der Waals surface area contributed by atoms with E-state index in [1.807, 2.05) is 37.3 Å². The third kappa shape index (κ3) is 2.98. The Morgan fingerprint density at radius 2 is 2.06 bits per heavy atom. The largest absolute Gasteiger partial charge is 0.506 e. The van der Waals surface area contributed by atoms with Gasteiger partial charge in [-0.25, -0.2) is 0 Å². The molecule has 0 unspecified atom stereocenters. The van der Waals surface area contributed by atoms with Crippen molar-refractivity contribution < 1.29 is 5.11 Å². The minimum atomic E-state index is 0.258. The zero-order valence-electron chi connectivity index (χ0n) is 9.87. The van der Waals surface area contributed by atoms with Crippen LogP contribution in [0.4, 0.5) is 5.69 Å². The van der Waals surface area contributed by atoms with Crippen molar-refractivity contribution in [3.63, 3.8) is 0 Å². The third-order valence-corrected chi connectivity index (χ3v) is 3.63. The second-order valence-electron chi connectivity index (χ2n) is 4.08. The average Bonchev–Trinajstić information content (AvgIpc) is 2.35. The van der Waals surface area contributed by atoms with E-state index in [0.717, 1.165) is 16.8 Å². The van der Waals surface area contributed by atoms with E-state index in [0.29, 0.717) is 16.0 Å². The molecular formula is C14H13BrClNO. The average molecular weight is 327 g/mol. The highest BCUT2D eigenvalue weighted by molar-refractivity contribution is 9.10. The van der Waals surface area contributed by atoms with Crippen molar-refractivity contribution >= 4 is 33.2 Å². The van der Waals surface area contributed by atoms with Gasteiger partial charge in [-0.1, -0.05) is 29.8 Å². The summed E-state index contributed by atoms with van der Waals surface area (Å²) in [4.78, 5) is 0. The molecule has 0 aliphatic carbocycles. The first-order valence-electron chi connectivity index (χ1n) is 5.54. The van der Waals surface area contributed by atoms with E-state index in [2.05, 4.69) is 21.2 Å². The van der Waals surface area contributed by atoms with E-state index in [1.165, 1.54) is 0 Å². The SMILES string of the molecule is Cc1ccc(Cl)c(NCc2cccc(Br)c2O)c1. The lowest BCUT2D eigenvalue weighted by Gasteiger charge is -2.11. The molecule has 94 valence electrons. The standard InChI is InChI=1S/C14H13BrClNO/c1-9-5-6-12(16)13(7-9)17-8-10-3-2-4-11(15)14(10)18/h2-7,17-18H,8H2,1H3. The minimum absolute atomic E-state index is 0.258. The number of nitrogens with one attached hydrogen (secondary N) is 1. The van der Waals surface area contributed by atoms with E-state index < -0.39 is 0 Å². The Balaban J connectivity index is 2.16. The van der Waals surface area contributed by atoms with Gasteiger partial charge in [-0.3, -0.25) is 0 Å². The maximum atomic E-state index is 9.88. The molecule has 0 fully saturated rings. The van der Waals surface area contributed by atoms with Gasteiger partial charge in [0.2, 0.25) is 0 Å². The highest BCUT2D eigenvalue weighted by atomic mass is 79.9. The number of benzene rings is 2. The molecule has 0 aromatic heterocycles. The summed E-state index contributed by atoms with van der Waals surface area (Å²) in [5.74, 6) is 0.258. The molecule has 0 aliphatic heterocycles. The summed E-state index contributed by atoms with van der Waals surface area (Å²) >= 11 is 9.39. The summed E-state index contributed by atoms with van der Waals surface area (Å²) < 4.78 is 0.692. The van der Waals surface area contributed by atoms with Crippen LogP contribution in [-0.4, -0.2) is 5.11 Å². The molecule has 2 aromatic carbocycles. The van der Waals surface area contributed by atoms with Crippen molar-refractivity contribution in [2.24, 2.45) is 0 Å². The Kier molecular flexibility index (Phi) is 4.15. The van der Waals surface area contributed by atoms with E-state index >= 15 is 0 Å². The number of rotatable bonds is 3. The van der Waals surface area contributed by atoms with Gasteiger partial charge < -0.3 is 10.4 Å². The van der Waals surface area contributed by atoms with Crippen molar-refractivity contribution in [3.05, 3.63) is 57.0 Å². The normalized spacial score (nSPS) is 10.4. The van der Waals surface area contributed by atoms with Gasteiger partial charge in [0.1, 0.15) is 5.75 Å². The first kappa shape index (κ1) is 13.2. The summed E-state index contributed by atoms with van der Waals surface area (Å²) in [5, 5.41) is 13.8. The number of anilines is 1. The molecule has 2 rings (SSSR count). The van der Waals surface area contributed by atoms with Gasteiger partial charge in [-0.15, -0.1) is 0 Å². The van der Waals surface area contributed by atoms with Crippen LogP contribution in [0.15, 0.2) is 40.9 Å². The molecule has 4 heteroatoms. The van der Waals surface area contributed by atoms with Gasteiger partial charge in [0.15, 0.2) is 0 Å². The van der Waals surface area contributed by atoms with Crippen LogP contribution in [-0.2, 0) is 6.54 Å². The van der Waals surface area contributed by atoms with Gasteiger partial charge in [0, 0.05) is 12.1 Å². The summed E-state index contributed by atoms with van der Waals surface area (Å²) in [5.41, 5.74) is 2.83. The van der Waals surface area contributed by atoms with Gasteiger partial charge in [0.25, 0.3) is 0 Å². The van der Waals surface area contributed by atoms with Crippen LogP contribution in [0.25, 0.3) is 0 Å². The monoisotopic (exact) mass is 325 g/mol. The second-order valence-corrected chi connectivity index (χ2v) is 5.35. The summed E-state index contributed by atoms with van der Waals surface area (Å²) in [6.45, 7) is 2.53. The van der Waals surface area contributed by atoms with Crippen molar-refractivity contribution in [3.8, 4) is 5.75 Å². The summed E-state index contributed by atoms with van der Waals surface area (Å²) in [6, 6.07) is 11.4. The first-order chi connectivity index (χ1) is 8.58. The van der Waals surface area contributed by atoms with Crippen LogP contribution in [0.2, 0.25) is 5.02 Å². The van der Waals surface area contributed by atoms with E-state index in [-0.39, 0.29) is 5.75 Å². The summed E-state index contributed by atoms with van der Waals surface area (Å²) in [7, 11) is 0. The molecule has 2 nitrogen and oxygen atoms in total. The number of hydrogen-bond acceptors (Lipinski definition) is 2. The molecule has 0 spiro atoms. The Morgan fingerprint density at radius 3 is 2.83 bits per heavy atom. The number of phenols is 1. The van der Waals surface area contributed by atoms with Crippen LogP contribution in [0, 0.1) is 6.92 Å². The van der Waals surface area contributed by atoms with Gasteiger partial charge in [-0.2, -0.15) is 0 Å². The quantitative estimate of drug-likeness (QED) is 0.854. The molecule has 2 N–H and O–H groups in total. The molecule has 0 saturated carbocycles. The van der Waals surface area contributed by atoms with Crippen molar-refractivity contribution in [2.75, 3.05) is 5.32 Å². The predicted octanol–water partition coefficient (Wildman–Crippen LogP) is 4.73. The highest BCUT2D eigenvalue weighted by Gasteiger charge is 2.05. The van der Waals surface area contributed by atoms with E-state index in [9.17, 15) is 5.11 Å². The molecule has 0 saturated heterocycles. The first-order valence-corrected chi connectivity index (χ1v) is 6.71. The maximum Gasteiger partial charge on any atom is 0.134 e. The van der Waals surface area contributed by atoms with Crippen LogP contribution >= 0.6 is 27.5 Å². The molecule has 0 bridgehead atoms. The molecule has 0 amide bonds. The second kappa shape index (κ2) is 5.63. The number of hydrogen-bond donors (Lipinski definition) is 2. The molecular weight excluding hydrogens is 314 g/mol. The lowest BCUT2D eigenvalue weighted by molar-refractivity contribution is 0.465. The molecule has 0 heterocycles. The number of para-hydroxylation sites is 1. The fourth-order valence-corrected chi connectivity index (χ4v) is 2.26. The topological polar surface area (TPSA) is 32.3 Å².